The van der Waals surface area contributed by atoms with Gasteiger partial charge in [-0.25, -0.2) is 9.67 Å². The Morgan fingerprint density at radius 3 is 2.90 bits per heavy atom. The van der Waals surface area contributed by atoms with E-state index in [1.54, 1.807) is 27.9 Å². The molecule has 0 N–H and O–H groups in total. The molecule has 0 saturated heterocycles. The lowest BCUT2D eigenvalue weighted by Gasteiger charge is -2.05. The van der Waals surface area contributed by atoms with Gasteiger partial charge in [0.15, 0.2) is 11.3 Å². The highest BCUT2D eigenvalue weighted by Crippen LogP contribution is 2.23. The summed E-state index contributed by atoms with van der Waals surface area (Å²) in [5, 5.41) is 13.9. The molecule has 6 nitrogen and oxygen atoms in total. The summed E-state index contributed by atoms with van der Waals surface area (Å²) < 4.78 is 3.51. The summed E-state index contributed by atoms with van der Waals surface area (Å²) in [4.78, 5) is 4.41. The smallest absolute Gasteiger partial charge is 0.174 e. The van der Waals surface area contributed by atoms with Crippen LogP contribution in [-0.2, 0) is 0 Å². The van der Waals surface area contributed by atoms with Crippen molar-refractivity contribution in [2.24, 2.45) is 0 Å². The molecule has 0 atom stereocenters. The van der Waals surface area contributed by atoms with Crippen LogP contribution in [0, 0.1) is 6.92 Å². The fourth-order valence-electron chi connectivity index (χ4n) is 2.16. The minimum Gasteiger partial charge on any atom is -0.271 e. The molecular formula is C13H9ClN6. The molecule has 3 heterocycles. The summed E-state index contributed by atoms with van der Waals surface area (Å²) in [5.41, 5.74) is 3.36. The first-order valence-electron chi connectivity index (χ1n) is 6.02. The van der Waals surface area contributed by atoms with E-state index >= 15 is 0 Å². The van der Waals surface area contributed by atoms with Crippen molar-refractivity contribution in [2.45, 2.75) is 6.92 Å². The minimum absolute atomic E-state index is 0.703. The van der Waals surface area contributed by atoms with Crippen LogP contribution in [0.4, 0.5) is 0 Å². The molecular weight excluding hydrogens is 276 g/mol. The van der Waals surface area contributed by atoms with E-state index in [9.17, 15) is 0 Å². The molecule has 0 aliphatic rings. The van der Waals surface area contributed by atoms with Crippen LogP contribution in [0.15, 0.2) is 37.1 Å². The van der Waals surface area contributed by atoms with Gasteiger partial charge in [-0.2, -0.15) is 5.10 Å². The maximum absolute atomic E-state index is 6.17. The van der Waals surface area contributed by atoms with Gasteiger partial charge in [-0.05, 0) is 24.6 Å². The zero-order valence-corrected chi connectivity index (χ0v) is 11.3. The number of benzene rings is 1. The number of nitrogens with zero attached hydrogens (tertiary/aromatic N) is 6. The molecule has 0 aliphatic carbocycles. The molecule has 1 aromatic carbocycles. The topological polar surface area (TPSA) is 60.9 Å². The first kappa shape index (κ1) is 11.4. The van der Waals surface area contributed by atoms with Crippen molar-refractivity contribution < 1.29 is 0 Å². The second-order valence-corrected chi connectivity index (χ2v) is 4.94. The van der Waals surface area contributed by atoms with Gasteiger partial charge in [0.05, 0.1) is 17.3 Å². The van der Waals surface area contributed by atoms with Gasteiger partial charge in [0, 0.05) is 5.02 Å². The van der Waals surface area contributed by atoms with Gasteiger partial charge in [0.1, 0.15) is 12.7 Å². The summed E-state index contributed by atoms with van der Waals surface area (Å²) in [7, 11) is 0. The lowest BCUT2D eigenvalue weighted by Crippen LogP contribution is -1.98. The zero-order chi connectivity index (χ0) is 13.7. The number of hydrogen-bond donors (Lipinski definition) is 0. The highest BCUT2D eigenvalue weighted by Gasteiger charge is 2.11. The molecule has 0 bridgehead atoms. The van der Waals surface area contributed by atoms with E-state index < -0.39 is 0 Å². The maximum atomic E-state index is 6.17. The van der Waals surface area contributed by atoms with Gasteiger partial charge in [-0.15, -0.1) is 10.2 Å². The molecule has 0 radical (unpaired) electrons. The molecule has 3 aromatic heterocycles. The van der Waals surface area contributed by atoms with Crippen LogP contribution in [0.1, 0.15) is 5.56 Å². The van der Waals surface area contributed by atoms with Crippen molar-refractivity contribution in [2.75, 3.05) is 0 Å². The molecule has 98 valence electrons. The first-order chi connectivity index (χ1) is 9.74. The Morgan fingerprint density at radius 1 is 1.15 bits per heavy atom. The van der Waals surface area contributed by atoms with Crippen LogP contribution in [0.5, 0.6) is 0 Å². The van der Waals surface area contributed by atoms with Crippen LogP contribution < -0.4 is 0 Å². The summed E-state index contributed by atoms with van der Waals surface area (Å²) >= 11 is 6.17. The lowest BCUT2D eigenvalue weighted by atomic mass is 10.2. The quantitative estimate of drug-likeness (QED) is 0.538. The minimum atomic E-state index is 0.703. The van der Waals surface area contributed by atoms with E-state index in [0.717, 1.165) is 27.9 Å². The predicted molar refractivity (Wildman–Crippen MR) is 75.2 cm³/mol. The second-order valence-electron chi connectivity index (χ2n) is 4.53. The molecule has 0 fully saturated rings. The standard InChI is InChI=1S/C13H9ClN6/c1-8-2-3-9(4-11(8)14)20-12-10(5-17-20)13-18-16-7-19(13)6-15-12/h2-7H,1H3. The molecule has 0 unspecified atom stereocenters. The third-order valence-corrected chi connectivity index (χ3v) is 3.67. The van der Waals surface area contributed by atoms with Crippen LogP contribution in [0.3, 0.4) is 0 Å². The molecule has 0 aliphatic heterocycles. The molecule has 4 aromatic rings. The maximum Gasteiger partial charge on any atom is 0.174 e. The first-order valence-corrected chi connectivity index (χ1v) is 6.40. The molecule has 0 spiro atoms. The lowest BCUT2D eigenvalue weighted by molar-refractivity contribution is 0.892. The normalized spacial score (nSPS) is 11.5. The third kappa shape index (κ3) is 1.51. The summed E-state index contributed by atoms with van der Waals surface area (Å²) in [5.74, 6) is 0. The number of halogens is 1. The monoisotopic (exact) mass is 284 g/mol. The van der Waals surface area contributed by atoms with Crippen molar-refractivity contribution >= 4 is 28.3 Å². The molecule has 0 amide bonds. The zero-order valence-electron chi connectivity index (χ0n) is 10.5. The van der Waals surface area contributed by atoms with Gasteiger partial charge >= 0.3 is 0 Å². The Morgan fingerprint density at radius 2 is 2.05 bits per heavy atom. The third-order valence-electron chi connectivity index (χ3n) is 3.26. The summed E-state index contributed by atoms with van der Waals surface area (Å²) in [6.45, 7) is 1.96. The number of aromatic nitrogens is 6. The Hall–Kier alpha value is -2.47. The van der Waals surface area contributed by atoms with Crippen LogP contribution >= 0.6 is 11.6 Å². The van der Waals surface area contributed by atoms with Gasteiger partial charge in [0.25, 0.3) is 0 Å². The van der Waals surface area contributed by atoms with E-state index in [-0.39, 0.29) is 0 Å². The van der Waals surface area contributed by atoms with E-state index in [1.807, 2.05) is 25.1 Å². The Kier molecular flexibility index (Phi) is 2.28. The van der Waals surface area contributed by atoms with Crippen molar-refractivity contribution in [1.82, 2.24) is 29.4 Å². The van der Waals surface area contributed by atoms with E-state index in [0.29, 0.717) is 5.02 Å². The van der Waals surface area contributed by atoms with Gasteiger partial charge < -0.3 is 0 Å². The molecule has 0 saturated carbocycles. The second kappa shape index (κ2) is 4.01. The average Bonchev–Trinajstić information content (AvgIpc) is 3.06. The van der Waals surface area contributed by atoms with Crippen LogP contribution in [-0.4, -0.2) is 29.4 Å². The van der Waals surface area contributed by atoms with Gasteiger partial charge in [-0.1, -0.05) is 17.7 Å². The Labute approximate surface area is 118 Å². The van der Waals surface area contributed by atoms with Crippen molar-refractivity contribution in [3.05, 3.63) is 47.6 Å². The van der Waals surface area contributed by atoms with Gasteiger partial charge in [-0.3, -0.25) is 4.40 Å². The summed E-state index contributed by atoms with van der Waals surface area (Å²) in [6.07, 6.45) is 5.02. The largest absolute Gasteiger partial charge is 0.271 e. The predicted octanol–water partition coefficient (Wildman–Crippen LogP) is 2.43. The Balaban J connectivity index is 2.02. The van der Waals surface area contributed by atoms with Crippen molar-refractivity contribution in [3.63, 3.8) is 0 Å². The van der Waals surface area contributed by atoms with Crippen LogP contribution in [0.25, 0.3) is 22.4 Å². The fraction of sp³-hybridized carbons (Fsp3) is 0.0769. The fourth-order valence-corrected chi connectivity index (χ4v) is 2.34. The Bertz CT molecular complexity index is 938. The number of hydrogen-bond acceptors (Lipinski definition) is 4. The number of fused-ring (bicyclic) bond motifs is 3. The average molecular weight is 285 g/mol. The van der Waals surface area contributed by atoms with E-state index in [2.05, 4.69) is 20.3 Å². The highest BCUT2D eigenvalue weighted by molar-refractivity contribution is 6.31. The van der Waals surface area contributed by atoms with Crippen molar-refractivity contribution in [1.29, 1.82) is 0 Å². The van der Waals surface area contributed by atoms with E-state index in [1.165, 1.54) is 0 Å². The SMILES string of the molecule is Cc1ccc(-n2ncc3c2ncn2cnnc32)cc1Cl. The summed E-state index contributed by atoms with van der Waals surface area (Å²) in [6, 6.07) is 5.79. The molecule has 4 rings (SSSR count). The van der Waals surface area contributed by atoms with Gasteiger partial charge in [0.2, 0.25) is 0 Å². The molecule has 7 heteroatoms. The van der Waals surface area contributed by atoms with Crippen molar-refractivity contribution in [3.8, 4) is 5.69 Å². The van der Waals surface area contributed by atoms with Crippen LogP contribution in [0.2, 0.25) is 5.02 Å². The molecule has 20 heavy (non-hydrogen) atoms. The number of rotatable bonds is 1. The number of aryl methyl sites for hydroxylation is 1. The highest BCUT2D eigenvalue weighted by atomic mass is 35.5. The van der Waals surface area contributed by atoms with E-state index in [4.69, 9.17) is 11.6 Å².